The Bertz CT molecular complexity index is 390. The minimum Gasteiger partial charge on any atom is -0.383 e. The summed E-state index contributed by atoms with van der Waals surface area (Å²) in [7, 11) is 0. The number of hydrogen-bond donors (Lipinski definition) is 2. The van der Waals surface area contributed by atoms with Gasteiger partial charge in [0, 0.05) is 24.6 Å². The van der Waals surface area contributed by atoms with Gasteiger partial charge < -0.3 is 11.5 Å². The molecule has 4 nitrogen and oxygen atoms in total. The van der Waals surface area contributed by atoms with E-state index in [2.05, 4.69) is 18.8 Å². The minimum absolute atomic E-state index is 0.186. The molecule has 1 unspecified atom stereocenters. The molecule has 0 fully saturated rings. The van der Waals surface area contributed by atoms with Crippen LogP contribution < -0.4 is 11.5 Å². The van der Waals surface area contributed by atoms with E-state index in [9.17, 15) is 4.79 Å². The molecule has 0 bridgehead atoms. The Labute approximate surface area is 109 Å². The number of pyridine rings is 1. The molecule has 100 valence electrons. The number of nitrogens with zero attached hydrogens (tertiary/aromatic N) is 1. The van der Waals surface area contributed by atoms with Gasteiger partial charge in [0.25, 0.3) is 0 Å². The number of ketones is 1. The number of carbonyl (C=O) groups is 1. The van der Waals surface area contributed by atoms with Crippen molar-refractivity contribution in [3.8, 4) is 0 Å². The van der Waals surface area contributed by atoms with Crippen LogP contribution in [0.25, 0.3) is 0 Å². The molecule has 1 aromatic rings. The lowest BCUT2D eigenvalue weighted by atomic mass is 9.91. The fourth-order valence-corrected chi connectivity index (χ4v) is 2.14. The van der Waals surface area contributed by atoms with Crippen LogP contribution in [0.2, 0.25) is 0 Å². The molecule has 0 aromatic carbocycles. The predicted octanol–water partition coefficient (Wildman–Crippen LogP) is 1.79. The second-order valence-corrected chi connectivity index (χ2v) is 5.20. The van der Waals surface area contributed by atoms with Crippen molar-refractivity contribution in [3.63, 3.8) is 0 Å². The Balaban J connectivity index is 2.53. The summed E-state index contributed by atoms with van der Waals surface area (Å²) >= 11 is 0. The number of carbonyl (C=O) groups excluding carboxylic acids is 1. The fourth-order valence-electron chi connectivity index (χ4n) is 2.14. The highest BCUT2D eigenvalue weighted by molar-refractivity contribution is 5.82. The van der Waals surface area contributed by atoms with Crippen LogP contribution in [0.3, 0.4) is 0 Å². The summed E-state index contributed by atoms with van der Waals surface area (Å²) in [5.41, 5.74) is 12.2. The number of nitrogen functional groups attached to an aromatic ring is 1. The molecular formula is C14H23N3O. The lowest BCUT2D eigenvalue weighted by Gasteiger charge is -2.16. The molecular weight excluding hydrogens is 226 g/mol. The van der Waals surface area contributed by atoms with Gasteiger partial charge in [-0.3, -0.25) is 4.79 Å². The van der Waals surface area contributed by atoms with Gasteiger partial charge in [0.2, 0.25) is 0 Å². The first-order valence-electron chi connectivity index (χ1n) is 6.44. The van der Waals surface area contributed by atoms with Crippen LogP contribution in [0.15, 0.2) is 18.3 Å². The van der Waals surface area contributed by atoms with Crippen molar-refractivity contribution >= 4 is 11.6 Å². The summed E-state index contributed by atoms with van der Waals surface area (Å²) in [6.45, 7) is 4.85. The molecule has 1 aromatic heterocycles. The molecule has 0 saturated heterocycles. The topological polar surface area (TPSA) is 82.0 Å². The van der Waals surface area contributed by atoms with Crippen molar-refractivity contribution in [3.05, 3.63) is 23.9 Å². The maximum atomic E-state index is 12.0. The maximum absolute atomic E-state index is 12.0. The van der Waals surface area contributed by atoms with E-state index in [1.54, 1.807) is 12.3 Å². The van der Waals surface area contributed by atoms with Gasteiger partial charge in [-0.15, -0.1) is 0 Å². The first-order chi connectivity index (χ1) is 8.52. The Morgan fingerprint density at radius 2 is 2.17 bits per heavy atom. The van der Waals surface area contributed by atoms with Gasteiger partial charge in [-0.25, -0.2) is 4.98 Å². The summed E-state index contributed by atoms with van der Waals surface area (Å²) in [5, 5.41) is 0. The van der Waals surface area contributed by atoms with Crippen molar-refractivity contribution < 1.29 is 4.79 Å². The molecule has 1 heterocycles. The van der Waals surface area contributed by atoms with Crippen molar-refractivity contribution in [1.29, 1.82) is 0 Å². The summed E-state index contributed by atoms with van der Waals surface area (Å²) in [4.78, 5) is 16.0. The SMILES string of the molecule is CC(C)CC(CN)CC(=O)Cc1cccnc1N. The van der Waals surface area contributed by atoms with Gasteiger partial charge in [0.1, 0.15) is 11.6 Å². The third kappa shape index (κ3) is 4.84. The molecule has 18 heavy (non-hydrogen) atoms. The highest BCUT2D eigenvalue weighted by Gasteiger charge is 2.15. The van der Waals surface area contributed by atoms with Gasteiger partial charge in [-0.2, -0.15) is 0 Å². The van der Waals surface area contributed by atoms with Crippen LogP contribution in [0.5, 0.6) is 0 Å². The van der Waals surface area contributed by atoms with E-state index in [1.807, 2.05) is 6.07 Å². The Hall–Kier alpha value is -1.42. The number of anilines is 1. The Morgan fingerprint density at radius 1 is 1.44 bits per heavy atom. The van der Waals surface area contributed by atoms with E-state index in [1.165, 1.54) is 0 Å². The van der Waals surface area contributed by atoms with Crippen molar-refractivity contribution in [2.75, 3.05) is 12.3 Å². The lowest BCUT2D eigenvalue weighted by molar-refractivity contribution is -0.119. The van der Waals surface area contributed by atoms with Crippen LogP contribution in [0.4, 0.5) is 5.82 Å². The smallest absolute Gasteiger partial charge is 0.137 e. The van der Waals surface area contributed by atoms with E-state index < -0.39 is 0 Å². The molecule has 0 amide bonds. The monoisotopic (exact) mass is 249 g/mol. The molecule has 0 aliphatic rings. The van der Waals surface area contributed by atoms with Gasteiger partial charge >= 0.3 is 0 Å². The summed E-state index contributed by atoms with van der Waals surface area (Å²) < 4.78 is 0. The molecule has 1 atom stereocenters. The fraction of sp³-hybridized carbons (Fsp3) is 0.571. The second-order valence-electron chi connectivity index (χ2n) is 5.20. The van der Waals surface area contributed by atoms with E-state index in [4.69, 9.17) is 11.5 Å². The van der Waals surface area contributed by atoms with Gasteiger partial charge in [-0.1, -0.05) is 19.9 Å². The van der Waals surface area contributed by atoms with Crippen LogP contribution in [-0.2, 0) is 11.2 Å². The van der Waals surface area contributed by atoms with Crippen LogP contribution in [0.1, 0.15) is 32.3 Å². The first-order valence-corrected chi connectivity index (χ1v) is 6.44. The number of aromatic nitrogens is 1. The van der Waals surface area contributed by atoms with Gasteiger partial charge in [0.05, 0.1) is 0 Å². The zero-order valence-electron chi connectivity index (χ0n) is 11.2. The van der Waals surface area contributed by atoms with E-state index >= 15 is 0 Å². The Kier molecular flexibility index (Phi) is 5.78. The van der Waals surface area contributed by atoms with Crippen LogP contribution >= 0.6 is 0 Å². The van der Waals surface area contributed by atoms with Gasteiger partial charge in [-0.05, 0) is 30.9 Å². The molecule has 1 rings (SSSR count). The summed E-state index contributed by atoms with van der Waals surface area (Å²) in [6, 6.07) is 3.65. The third-order valence-electron chi connectivity index (χ3n) is 2.97. The minimum atomic E-state index is 0.186. The highest BCUT2D eigenvalue weighted by Crippen LogP contribution is 2.17. The number of hydrogen-bond acceptors (Lipinski definition) is 4. The van der Waals surface area contributed by atoms with Crippen LogP contribution in [-0.4, -0.2) is 17.3 Å². The van der Waals surface area contributed by atoms with E-state index in [0.717, 1.165) is 12.0 Å². The van der Waals surface area contributed by atoms with E-state index in [0.29, 0.717) is 31.1 Å². The zero-order chi connectivity index (χ0) is 13.5. The molecule has 4 N–H and O–H groups in total. The van der Waals surface area contributed by atoms with Crippen LogP contribution in [0, 0.1) is 11.8 Å². The quantitative estimate of drug-likeness (QED) is 0.771. The normalized spacial score (nSPS) is 12.7. The second kappa shape index (κ2) is 7.11. The maximum Gasteiger partial charge on any atom is 0.137 e. The summed E-state index contributed by atoms with van der Waals surface area (Å²) in [6.07, 6.45) is 3.51. The third-order valence-corrected chi connectivity index (χ3v) is 2.97. The van der Waals surface area contributed by atoms with Gasteiger partial charge in [0.15, 0.2) is 0 Å². The average molecular weight is 249 g/mol. The molecule has 0 aliphatic heterocycles. The standard InChI is InChI=1S/C14H23N3O/c1-10(2)6-11(9-15)7-13(18)8-12-4-3-5-17-14(12)16/h3-5,10-11H,6-9,15H2,1-2H3,(H2,16,17). The molecule has 0 spiro atoms. The lowest BCUT2D eigenvalue weighted by Crippen LogP contribution is -2.21. The molecule has 4 heteroatoms. The van der Waals surface area contributed by atoms with Crippen molar-refractivity contribution in [2.45, 2.75) is 33.1 Å². The molecule has 0 aliphatic carbocycles. The summed E-state index contributed by atoms with van der Waals surface area (Å²) in [5.74, 6) is 1.47. The average Bonchev–Trinajstić information content (AvgIpc) is 2.30. The van der Waals surface area contributed by atoms with Crippen molar-refractivity contribution in [2.24, 2.45) is 17.6 Å². The molecule has 0 radical (unpaired) electrons. The number of Topliss-reactive ketones (excluding diaryl/α,β-unsaturated/α-hetero) is 1. The van der Waals surface area contributed by atoms with Crippen molar-refractivity contribution in [1.82, 2.24) is 4.98 Å². The largest absolute Gasteiger partial charge is 0.383 e. The first kappa shape index (κ1) is 14.6. The number of rotatable bonds is 7. The molecule has 0 saturated carbocycles. The highest BCUT2D eigenvalue weighted by atomic mass is 16.1. The zero-order valence-corrected chi connectivity index (χ0v) is 11.2. The predicted molar refractivity (Wildman–Crippen MR) is 74.0 cm³/mol. The Morgan fingerprint density at radius 3 is 2.72 bits per heavy atom. The van der Waals surface area contributed by atoms with E-state index in [-0.39, 0.29) is 11.7 Å². The number of nitrogens with two attached hydrogens (primary N) is 2.